The molecule has 112 valence electrons. The van der Waals surface area contributed by atoms with Crippen molar-refractivity contribution in [1.29, 1.82) is 0 Å². The maximum Gasteiger partial charge on any atom is 0.119 e. The standard InChI is InChI=1S/C17H28N2O/c1-3-12-19-13-6-5-7-16(18)17(19)14-8-10-15(11-9-14)20-4-2/h8-11,16-17H,3-7,12-13,18H2,1-2H3. The van der Waals surface area contributed by atoms with Gasteiger partial charge in [0.05, 0.1) is 6.61 Å². The molecule has 1 aliphatic heterocycles. The van der Waals surface area contributed by atoms with Crippen LogP contribution in [0.25, 0.3) is 0 Å². The zero-order valence-electron chi connectivity index (χ0n) is 12.8. The fourth-order valence-electron chi connectivity index (χ4n) is 3.19. The smallest absolute Gasteiger partial charge is 0.119 e. The van der Waals surface area contributed by atoms with Crippen molar-refractivity contribution in [2.75, 3.05) is 19.7 Å². The van der Waals surface area contributed by atoms with Gasteiger partial charge in [0.15, 0.2) is 0 Å². The molecule has 0 spiro atoms. The normalized spacial score (nSPS) is 24.4. The number of benzene rings is 1. The molecule has 0 radical (unpaired) electrons. The molecule has 2 rings (SSSR count). The largest absolute Gasteiger partial charge is 0.494 e. The minimum Gasteiger partial charge on any atom is -0.494 e. The van der Waals surface area contributed by atoms with Crippen molar-refractivity contribution in [3.05, 3.63) is 29.8 Å². The van der Waals surface area contributed by atoms with E-state index in [1.807, 2.05) is 6.92 Å². The molecule has 3 nitrogen and oxygen atoms in total. The maximum absolute atomic E-state index is 6.46. The number of hydrogen-bond donors (Lipinski definition) is 1. The van der Waals surface area contributed by atoms with Crippen LogP contribution < -0.4 is 10.5 Å². The highest BCUT2D eigenvalue weighted by molar-refractivity contribution is 5.30. The Morgan fingerprint density at radius 3 is 2.60 bits per heavy atom. The second-order valence-corrected chi connectivity index (χ2v) is 5.64. The van der Waals surface area contributed by atoms with E-state index in [4.69, 9.17) is 10.5 Å². The number of rotatable bonds is 5. The Hall–Kier alpha value is -1.06. The highest BCUT2D eigenvalue weighted by Crippen LogP contribution is 2.30. The zero-order chi connectivity index (χ0) is 14.4. The molecule has 2 N–H and O–H groups in total. The molecule has 1 heterocycles. The Kier molecular flexibility index (Phi) is 5.86. The van der Waals surface area contributed by atoms with Crippen LogP contribution in [-0.2, 0) is 0 Å². The molecule has 20 heavy (non-hydrogen) atoms. The van der Waals surface area contributed by atoms with E-state index in [0.29, 0.717) is 12.6 Å². The lowest BCUT2D eigenvalue weighted by Crippen LogP contribution is -2.40. The highest BCUT2D eigenvalue weighted by atomic mass is 16.5. The first-order valence-corrected chi connectivity index (χ1v) is 7.98. The number of ether oxygens (including phenoxy) is 1. The molecule has 0 amide bonds. The van der Waals surface area contributed by atoms with Gasteiger partial charge in [0.25, 0.3) is 0 Å². The van der Waals surface area contributed by atoms with Crippen LogP contribution >= 0.6 is 0 Å². The summed E-state index contributed by atoms with van der Waals surface area (Å²) in [7, 11) is 0. The highest BCUT2D eigenvalue weighted by Gasteiger charge is 2.28. The average molecular weight is 276 g/mol. The number of nitrogens with zero attached hydrogens (tertiary/aromatic N) is 1. The van der Waals surface area contributed by atoms with Crippen molar-refractivity contribution in [2.24, 2.45) is 5.73 Å². The molecular weight excluding hydrogens is 248 g/mol. The van der Waals surface area contributed by atoms with Crippen LogP contribution in [0.3, 0.4) is 0 Å². The quantitative estimate of drug-likeness (QED) is 0.896. The van der Waals surface area contributed by atoms with Crippen molar-refractivity contribution in [1.82, 2.24) is 4.90 Å². The summed E-state index contributed by atoms with van der Waals surface area (Å²) in [5, 5.41) is 0. The molecule has 2 atom stereocenters. The van der Waals surface area contributed by atoms with Crippen molar-refractivity contribution in [3.8, 4) is 5.75 Å². The van der Waals surface area contributed by atoms with Gasteiger partial charge in [-0.3, -0.25) is 4.90 Å². The third-order valence-electron chi connectivity index (χ3n) is 4.08. The predicted octanol–water partition coefficient (Wildman–Crippen LogP) is 3.35. The van der Waals surface area contributed by atoms with E-state index in [0.717, 1.165) is 18.7 Å². The molecular formula is C17H28N2O. The van der Waals surface area contributed by atoms with E-state index in [1.165, 1.54) is 31.4 Å². The minimum atomic E-state index is 0.238. The second-order valence-electron chi connectivity index (χ2n) is 5.64. The lowest BCUT2D eigenvalue weighted by atomic mass is 9.96. The van der Waals surface area contributed by atoms with Gasteiger partial charge in [-0.15, -0.1) is 0 Å². The lowest BCUT2D eigenvalue weighted by molar-refractivity contribution is 0.185. The Bertz CT molecular complexity index is 390. The summed E-state index contributed by atoms with van der Waals surface area (Å²) >= 11 is 0. The van der Waals surface area contributed by atoms with Gasteiger partial charge in [0.1, 0.15) is 5.75 Å². The van der Waals surface area contributed by atoms with Gasteiger partial charge >= 0.3 is 0 Å². The van der Waals surface area contributed by atoms with Gasteiger partial charge in [-0.2, -0.15) is 0 Å². The van der Waals surface area contributed by atoms with Crippen molar-refractivity contribution < 1.29 is 4.74 Å². The van der Waals surface area contributed by atoms with Crippen LogP contribution in [-0.4, -0.2) is 30.6 Å². The summed E-state index contributed by atoms with van der Waals surface area (Å²) in [4.78, 5) is 2.56. The number of likely N-dealkylation sites (tertiary alicyclic amines) is 1. The third-order valence-corrected chi connectivity index (χ3v) is 4.08. The van der Waals surface area contributed by atoms with E-state index >= 15 is 0 Å². The van der Waals surface area contributed by atoms with Gasteiger partial charge < -0.3 is 10.5 Å². The summed E-state index contributed by atoms with van der Waals surface area (Å²) in [6.45, 7) is 7.26. The first kappa shape index (κ1) is 15.3. The van der Waals surface area contributed by atoms with Crippen LogP contribution in [0.4, 0.5) is 0 Å². The van der Waals surface area contributed by atoms with Crippen LogP contribution in [0.1, 0.15) is 51.1 Å². The van der Waals surface area contributed by atoms with Crippen molar-refractivity contribution >= 4 is 0 Å². The first-order chi connectivity index (χ1) is 9.76. The summed E-state index contributed by atoms with van der Waals surface area (Å²) < 4.78 is 5.53. The Labute approximate surface area is 123 Å². The molecule has 3 heteroatoms. The van der Waals surface area contributed by atoms with Gasteiger partial charge in [0, 0.05) is 12.1 Å². The van der Waals surface area contributed by atoms with E-state index in [9.17, 15) is 0 Å². The molecule has 0 saturated carbocycles. The molecule has 1 saturated heterocycles. The lowest BCUT2D eigenvalue weighted by Gasteiger charge is -2.33. The van der Waals surface area contributed by atoms with Gasteiger partial charge in [0.2, 0.25) is 0 Å². The third kappa shape index (κ3) is 3.74. The number of hydrogen-bond acceptors (Lipinski definition) is 3. The average Bonchev–Trinajstić information content (AvgIpc) is 2.63. The van der Waals surface area contributed by atoms with Gasteiger partial charge in [-0.25, -0.2) is 0 Å². The maximum atomic E-state index is 6.46. The van der Waals surface area contributed by atoms with Crippen molar-refractivity contribution in [2.45, 2.75) is 51.6 Å². The minimum absolute atomic E-state index is 0.238. The van der Waals surface area contributed by atoms with E-state index in [2.05, 4.69) is 36.1 Å². The molecule has 2 unspecified atom stereocenters. The zero-order valence-corrected chi connectivity index (χ0v) is 12.8. The Balaban J connectivity index is 2.19. The summed E-state index contributed by atoms with van der Waals surface area (Å²) in [5.41, 5.74) is 7.79. The molecule has 0 aliphatic carbocycles. The SMILES string of the molecule is CCCN1CCCCC(N)C1c1ccc(OCC)cc1. The molecule has 1 aliphatic rings. The molecule has 0 bridgehead atoms. The molecule has 1 aromatic carbocycles. The van der Waals surface area contributed by atoms with Crippen LogP contribution in [0.15, 0.2) is 24.3 Å². The van der Waals surface area contributed by atoms with Crippen LogP contribution in [0.2, 0.25) is 0 Å². The summed E-state index contributed by atoms with van der Waals surface area (Å²) in [6, 6.07) is 9.10. The van der Waals surface area contributed by atoms with Gasteiger partial charge in [-0.1, -0.05) is 25.5 Å². The first-order valence-electron chi connectivity index (χ1n) is 7.98. The van der Waals surface area contributed by atoms with E-state index in [1.54, 1.807) is 0 Å². The molecule has 0 aromatic heterocycles. The predicted molar refractivity (Wildman–Crippen MR) is 84.0 cm³/mol. The van der Waals surface area contributed by atoms with Crippen LogP contribution in [0, 0.1) is 0 Å². The Morgan fingerprint density at radius 2 is 1.95 bits per heavy atom. The summed E-state index contributed by atoms with van der Waals surface area (Å²) in [5.74, 6) is 0.945. The van der Waals surface area contributed by atoms with E-state index in [-0.39, 0.29) is 6.04 Å². The fraction of sp³-hybridized carbons (Fsp3) is 0.647. The fourth-order valence-corrected chi connectivity index (χ4v) is 3.19. The van der Waals surface area contributed by atoms with Gasteiger partial charge in [-0.05, 0) is 57.0 Å². The summed E-state index contributed by atoms with van der Waals surface area (Å²) in [6.07, 6.45) is 4.81. The second kappa shape index (κ2) is 7.65. The topological polar surface area (TPSA) is 38.5 Å². The van der Waals surface area contributed by atoms with E-state index < -0.39 is 0 Å². The molecule has 1 aromatic rings. The van der Waals surface area contributed by atoms with Crippen LogP contribution in [0.5, 0.6) is 5.75 Å². The molecule has 1 fully saturated rings. The van der Waals surface area contributed by atoms with Crippen molar-refractivity contribution in [3.63, 3.8) is 0 Å². The monoisotopic (exact) mass is 276 g/mol. The number of nitrogens with two attached hydrogens (primary N) is 1. The Morgan fingerprint density at radius 1 is 1.20 bits per heavy atom.